The molecule has 0 bridgehead atoms. The van der Waals surface area contributed by atoms with Gasteiger partial charge in [-0.15, -0.1) is 0 Å². The van der Waals surface area contributed by atoms with Gasteiger partial charge in [-0.3, -0.25) is 4.79 Å². The third kappa shape index (κ3) is 2.80. The summed E-state index contributed by atoms with van der Waals surface area (Å²) < 4.78 is 14.9. The molecule has 0 saturated carbocycles. The van der Waals surface area contributed by atoms with Crippen molar-refractivity contribution in [1.29, 1.82) is 0 Å². The van der Waals surface area contributed by atoms with Gasteiger partial charge in [-0.05, 0) is 35.8 Å². The third-order valence-corrected chi connectivity index (χ3v) is 2.14. The summed E-state index contributed by atoms with van der Waals surface area (Å²) in [6.45, 7) is 4.26. The Hall–Kier alpha value is -0.900. The number of aromatic nitrogens is 1. The molecule has 1 aromatic heterocycles. The Morgan fingerprint density at radius 3 is 2.86 bits per heavy atom. The van der Waals surface area contributed by atoms with E-state index in [4.69, 9.17) is 0 Å². The van der Waals surface area contributed by atoms with Gasteiger partial charge in [0, 0.05) is 17.2 Å². The lowest BCUT2D eigenvalue weighted by Crippen LogP contribution is -2.21. The van der Waals surface area contributed by atoms with Gasteiger partial charge < -0.3 is 4.57 Å². The van der Waals surface area contributed by atoms with Gasteiger partial charge in [-0.2, -0.15) is 0 Å². The fraction of sp³-hybridized carbons (Fsp3) is 0.300. The maximum atomic E-state index is 13.0. The number of hydrogen-bond acceptors (Lipinski definition) is 1. The lowest BCUT2D eigenvalue weighted by Gasteiger charge is -2.03. The predicted molar refractivity (Wildman–Crippen MR) is 57.8 cm³/mol. The smallest absolute Gasteiger partial charge is 0.286 e. The van der Waals surface area contributed by atoms with Gasteiger partial charge in [-0.1, -0.05) is 11.6 Å². The molecule has 1 aromatic rings. The Bertz CT molecular complexity index is 419. The SMILES string of the molecule is CC(C)=CCn1cc(Br)cc(F)c1=O. The topological polar surface area (TPSA) is 22.0 Å². The summed E-state index contributed by atoms with van der Waals surface area (Å²) in [7, 11) is 0. The van der Waals surface area contributed by atoms with Crippen molar-refractivity contribution in [2.75, 3.05) is 0 Å². The molecule has 0 spiro atoms. The Kier molecular flexibility index (Phi) is 3.63. The van der Waals surface area contributed by atoms with Crippen molar-refractivity contribution in [3.05, 3.63) is 44.6 Å². The summed E-state index contributed by atoms with van der Waals surface area (Å²) in [5.74, 6) is -0.735. The lowest BCUT2D eigenvalue weighted by molar-refractivity contribution is 0.580. The second kappa shape index (κ2) is 4.55. The van der Waals surface area contributed by atoms with Gasteiger partial charge in [-0.25, -0.2) is 4.39 Å². The highest BCUT2D eigenvalue weighted by atomic mass is 79.9. The lowest BCUT2D eigenvalue weighted by atomic mass is 10.3. The number of pyridine rings is 1. The fourth-order valence-corrected chi connectivity index (χ4v) is 1.43. The van der Waals surface area contributed by atoms with Crippen LogP contribution >= 0.6 is 15.9 Å². The van der Waals surface area contributed by atoms with Crippen LogP contribution in [0.4, 0.5) is 4.39 Å². The van der Waals surface area contributed by atoms with Crippen LogP contribution in [-0.4, -0.2) is 4.57 Å². The molecule has 0 N–H and O–H groups in total. The number of nitrogens with zero attached hydrogens (tertiary/aromatic N) is 1. The molecule has 4 heteroatoms. The monoisotopic (exact) mass is 259 g/mol. The number of rotatable bonds is 2. The highest BCUT2D eigenvalue weighted by Crippen LogP contribution is 2.07. The van der Waals surface area contributed by atoms with Crippen molar-refractivity contribution in [3.8, 4) is 0 Å². The van der Waals surface area contributed by atoms with Gasteiger partial charge >= 0.3 is 0 Å². The van der Waals surface area contributed by atoms with E-state index in [1.54, 1.807) is 6.20 Å². The van der Waals surface area contributed by atoms with Gasteiger partial charge in [0.25, 0.3) is 5.56 Å². The van der Waals surface area contributed by atoms with Gasteiger partial charge in [0.1, 0.15) is 0 Å². The highest BCUT2D eigenvalue weighted by Gasteiger charge is 2.03. The molecule has 0 atom stereocenters. The van der Waals surface area contributed by atoms with Crippen molar-refractivity contribution in [3.63, 3.8) is 0 Å². The first kappa shape index (κ1) is 11.2. The molecule has 0 unspecified atom stereocenters. The highest BCUT2D eigenvalue weighted by molar-refractivity contribution is 9.10. The Morgan fingerprint density at radius 2 is 2.29 bits per heavy atom. The summed E-state index contributed by atoms with van der Waals surface area (Å²) in [4.78, 5) is 11.3. The molecular weight excluding hydrogens is 249 g/mol. The van der Waals surface area contributed by atoms with Crippen LogP contribution in [0.2, 0.25) is 0 Å². The van der Waals surface area contributed by atoms with Crippen LogP contribution in [0.1, 0.15) is 13.8 Å². The molecule has 2 nitrogen and oxygen atoms in total. The summed E-state index contributed by atoms with van der Waals surface area (Å²) >= 11 is 3.13. The molecule has 14 heavy (non-hydrogen) atoms. The number of halogens is 2. The van der Waals surface area contributed by atoms with E-state index >= 15 is 0 Å². The Balaban J connectivity index is 3.09. The molecule has 0 saturated heterocycles. The normalized spacial score (nSPS) is 10.0. The van der Waals surface area contributed by atoms with E-state index < -0.39 is 11.4 Å². The van der Waals surface area contributed by atoms with Gasteiger partial charge in [0.2, 0.25) is 0 Å². The average Bonchev–Trinajstić information content (AvgIpc) is 2.08. The van der Waals surface area contributed by atoms with Crippen LogP contribution in [0.25, 0.3) is 0 Å². The van der Waals surface area contributed by atoms with E-state index in [0.29, 0.717) is 11.0 Å². The molecule has 0 aliphatic rings. The molecular formula is C10H11BrFNO. The Labute approximate surface area is 90.2 Å². The Morgan fingerprint density at radius 1 is 1.64 bits per heavy atom. The van der Waals surface area contributed by atoms with Crippen LogP contribution in [0.5, 0.6) is 0 Å². The van der Waals surface area contributed by atoms with Crippen LogP contribution < -0.4 is 5.56 Å². The van der Waals surface area contributed by atoms with Gasteiger partial charge in [0.05, 0.1) is 0 Å². The maximum Gasteiger partial charge on any atom is 0.286 e. The zero-order valence-electron chi connectivity index (χ0n) is 8.05. The van der Waals surface area contributed by atoms with E-state index in [9.17, 15) is 9.18 Å². The fourth-order valence-electron chi connectivity index (χ4n) is 0.981. The van der Waals surface area contributed by atoms with Crippen molar-refractivity contribution >= 4 is 15.9 Å². The minimum atomic E-state index is -0.735. The molecule has 0 aromatic carbocycles. The maximum absolute atomic E-state index is 13.0. The van der Waals surface area contributed by atoms with E-state index in [1.165, 1.54) is 10.6 Å². The zero-order valence-corrected chi connectivity index (χ0v) is 9.64. The first-order valence-electron chi connectivity index (χ1n) is 4.19. The summed E-state index contributed by atoms with van der Waals surface area (Å²) in [5.41, 5.74) is 0.503. The molecule has 0 aliphatic carbocycles. The second-order valence-corrected chi connectivity index (χ2v) is 4.16. The van der Waals surface area contributed by atoms with Crippen molar-refractivity contribution in [2.45, 2.75) is 20.4 Å². The third-order valence-electron chi connectivity index (χ3n) is 1.71. The van der Waals surface area contributed by atoms with Crippen LogP contribution in [0, 0.1) is 5.82 Å². The zero-order chi connectivity index (χ0) is 10.7. The molecule has 1 heterocycles. The standard InChI is InChI=1S/C10H11BrFNO/c1-7(2)3-4-13-6-8(11)5-9(12)10(13)14/h3,5-6H,4H2,1-2H3. The molecule has 0 amide bonds. The van der Waals surface area contributed by atoms with Crippen molar-refractivity contribution in [1.82, 2.24) is 4.57 Å². The van der Waals surface area contributed by atoms with E-state index in [1.807, 2.05) is 19.9 Å². The minimum Gasteiger partial charge on any atom is -0.308 e. The second-order valence-electron chi connectivity index (χ2n) is 3.25. The van der Waals surface area contributed by atoms with Crippen LogP contribution in [-0.2, 0) is 6.54 Å². The van der Waals surface area contributed by atoms with Crippen molar-refractivity contribution in [2.24, 2.45) is 0 Å². The molecule has 0 fully saturated rings. The van der Waals surface area contributed by atoms with E-state index in [0.717, 1.165) is 5.57 Å². The molecule has 0 radical (unpaired) electrons. The van der Waals surface area contributed by atoms with Gasteiger partial charge in [0.15, 0.2) is 5.82 Å². The summed E-state index contributed by atoms with van der Waals surface area (Å²) in [6, 6.07) is 1.17. The first-order chi connectivity index (χ1) is 6.50. The van der Waals surface area contributed by atoms with E-state index in [-0.39, 0.29) is 0 Å². The molecule has 1 rings (SSSR count). The van der Waals surface area contributed by atoms with Crippen LogP contribution in [0.15, 0.2) is 33.2 Å². The largest absolute Gasteiger partial charge is 0.308 e. The molecule has 76 valence electrons. The number of hydrogen-bond donors (Lipinski definition) is 0. The minimum absolute atomic E-state index is 0.400. The average molecular weight is 260 g/mol. The number of allylic oxidation sites excluding steroid dienone is 2. The predicted octanol–water partition coefficient (Wildman–Crippen LogP) is 2.72. The first-order valence-corrected chi connectivity index (χ1v) is 4.99. The van der Waals surface area contributed by atoms with Crippen LogP contribution in [0.3, 0.4) is 0 Å². The van der Waals surface area contributed by atoms with Crippen molar-refractivity contribution < 1.29 is 4.39 Å². The van der Waals surface area contributed by atoms with E-state index in [2.05, 4.69) is 15.9 Å². The summed E-state index contributed by atoms with van der Waals surface area (Å²) in [5, 5.41) is 0. The quantitative estimate of drug-likeness (QED) is 0.749. The summed E-state index contributed by atoms with van der Waals surface area (Å²) in [6.07, 6.45) is 3.44. The molecule has 0 aliphatic heterocycles.